The van der Waals surface area contributed by atoms with E-state index in [4.69, 9.17) is 10.5 Å². The smallest absolute Gasteiger partial charge is 0.311 e. The van der Waals surface area contributed by atoms with Crippen LogP contribution in [0.5, 0.6) is 5.88 Å². The van der Waals surface area contributed by atoms with E-state index in [0.29, 0.717) is 18.1 Å². The Kier molecular flexibility index (Phi) is 4.34. The minimum Gasteiger partial charge on any atom is -0.481 e. The zero-order valence-electron chi connectivity index (χ0n) is 11.8. The van der Waals surface area contributed by atoms with Crippen molar-refractivity contribution in [2.45, 2.75) is 13.5 Å². The number of hydrogen-bond acceptors (Lipinski definition) is 6. The lowest BCUT2D eigenvalue weighted by molar-refractivity contribution is -0.384. The molecule has 0 fully saturated rings. The molecule has 0 spiro atoms. The number of aromatic nitrogens is 1. The molecular formula is C14H16N4O3. The number of methoxy groups -OCH3 is 1. The Balaban J connectivity index is 2.40. The van der Waals surface area contributed by atoms with Gasteiger partial charge in [-0.25, -0.2) is 0 Å². The van der Waals surface area contributed by atoms with Gasteiger partial charge in [0.05, 0.1) is 12.0 Å². The molecule has 1 heterocycles. The lowest BCUT2D eigenvalue weighted by atomic mass is 10.1. The molecule has 0 aliphatic carbocycles. The van der Waals surface area contributed by atoms with Gasteiger partial charge in [-0.3, -0.25) is 10.1 Å². The Hall–Kier alpha value is -2.67. The molecule has 0 saturated carbocycles. The van der Waals surface area contributed by atoms with Gasteiger partial charge in [0.1, 0.15) is 0 Å². The summed E-state index contributed by atoms with van der Waals surface area (Å²) in [5.74, 6) is 0.431. The molecule has 110 valence electrons. The van der Waals surface area contributed by atoms with E-state index in [1.54, 1.807) is 0 Å². The number of pyridine rings is 1. The van der Waals surface area contributed by atoms with Crippen molar-refractivity contribution in [3.63, 3.8) is 0 Å². The SMILES string of the molecule is COc1ccc([N+](=O)[O-])c(Nc2ccc(C)c(CN)c2)n1. The zero-order valence-corrected chi connectivity index (χ0v) is 11.8. The van der Waals surface area contributed by atoms with Crippen LogP contribution in [0.15, 0.2) is 30.3 Å². The van der Waals surface area contributed by atoms with E-state index in [0.717, 1.165) is 11.1 Å². The average molecular weight is 288 g/mol. The summed E-state index contributed by atoms with van der Waals surface area (Å²) in [6, 6.07) is 8.37. The maximum atomic E-state index is 11.1. The molecule has 0 saturated heterocycles. The van der Waals surface area contributed by atoms with Gasteiger partial charge in [-0.1, -0.05) is 6.07 Å². The van der Waals surface area contributed by atoms with Crippen LogP contribution in [0.4, 0.5) is 17.2 Å². The van der Waals surface area contributed by atoms with E-state index in [-0.39, 0.29) is 11.5 Å². The second kappa shape index (κ2) is 6.19. The average Bonchev–Trinajstić information content (AvgIpc) is 2.48. The lowest BCUT2D eigenvalue weighted by Gasteiger charge is -2.10. The molecule has 3 N–H and O–H groups in total. The molecule has 0 bridgehead atoms. The lowest BCUT2D eigenvalue weighted by Crippen LogP contribution is -2.03. The fourth-order valence-corrected chi connectivity index (χ4v) is 1.89. The molecule has 2 aromatic rings. The van der Waals surface area contributed by atoms with E-state index in [1.165, 1.54) is 19.2 Å². The Morgan fingerprint density at radius 1 is 1.38 bits per heavy atom. The van der Waals surface area contributed by atoms with Crippen molar-refractivity contribution in [2.75, 3.05) is 12.4 Å². The quantitative estimate of drug-likeness (QED) is 0.647. The third-order valence-corrected chi connectivity index (χ3v) is 3.09. The maximum absolute atomic E-state index is 11.1. The number of hydrogen-bond donors (Lipinski definition) is 2. The summed E-state index contributed by atoms with van der Waals surface area (Å²) in [4.78, 5) is 14.6. The standard InChI is InChI=1S/C14H16N4O3/c1-9-3-4-11(7-10(9)8-15)16-14-12(18(19)20)5-6-13(17-14)21-2/h3-7H,8,15H2,1-2H3,(H,16,17). The molecule has 0 atom stereocenters. The van der Waals surface area contributed by atoms with E-state index in [9.17, 15) is 10.1 Å². The molecule has 0 amide bonds. The molecule has 7 nitrogen and oxygen atoms in total. The van der Waals surface area contributed by atoms with Gasteiger partial charge < -0.3 is 15.8 Å². The van der Waals surface area contributed by atoms with Crippen LogP contribution in [-0.4, -0.2) is 17.0 Å². The zero-order chi connectivity index (χ0) is 15.4. The number of nitrogens with zero attached hydrogens (tertiary/aromatic N) is 2. The number of anilines is 2. The monoisotopic (exact) mass is 288 g/mol. The molecule has 0 aliphatic rings. The third-order valence-electron chi connectivity index (χ3n) is 3.09. The first kappa shape index (κ1) is 14.7. The summed E-state index contributed by atoms with van der Waals surface area (Å²) in [5.41, 5.74) is 8.26. The Morgan fingerprint density at radius 2 is 2.14 bits per heavy atom. The topological polar surface area (TPSA) is 103 Å². The van der Waals surface area contributed by atoms with Crippen LogP contribution in [0, 0.1) is 17.0 Å². The number of nitrogens with two attached hydrogens (primary N) is 1. The Morgan fingerprint density at radius 3 is 2.76 bits per heavy atom. The summed E-state index contributed by atoms with van der Waals surface area (Å²) >= 11 is 0. The van der Waals surface area contributed by atoms with Crippen LogP contribution in [0.1, 0.15) is 11.1 Å². The minimum absolute atomic E-state index is 0.120. The normalized spacial score (nSPS) is 10.2. The van der Waals surface area contributed by atoms with E-state index in [1.807, 2.05) is 25.1 Å². The summed E-state index contributed by atoms with van der Waals surface area (Å²) < 4.78 is 5.00. The molecule has 0 radical (unpaired) electrons. The maximum Gasteiger partial charge on any atom is 0.311 e. The first-order valence-corrected chi connectivity index (χ1v) is 6.31. The Bertz CT molecular complexity index is 673. The van der Waals surface area contributed by atoms with Gasteiger partial charge in [-0.2, -0.15) is 4.98 Å². The van der Waals surface area contributed by atoms with Crippen LogP contribution < -0.4 is 15.8 Å². The van der Waals surface area contributed by atoms with Gasteiger partial charge in [-0.15, -0.1) is 0 Å². The molecule has 2 rings (SSSR count). The predicted octanol–water partition coefficient (Wildman–Crippen LogP) is 2.51. The summed E-state index contributed by atoms with van der Waals surface area (Å²) in [6.07, 6.45) is 0. The number of rotatable bonds is 5. The van der Waals surface area contributed by atoms with Crippen LogP contribution in [0.3, 0.4) is 0 Å². The van der Waals surface area contributed by atoms with Crippen molar-refractivity contribution < 1.29 is 9.66 Å². The molecule has 0 unspecified atom stereocenters. The molecule has 21 heavy (non-hydrogen) atoms. The van der Waals surface area contributed by atoms with Gasteiger partial charge in [-0.05, 0) is 30.2 Å². The number of nitro groups is 1. The van der Waals surface area contributed by atoms with Gasteiger partial charge >= 0.3 is 5.69 Å². The highest BCUT2D eigenvalue weighted by molar-refractivity contribution is 5.66. The van der Waals surface area contributed by atoms with Crippen molar-refractivity contribution in [3.8, 4) is 5.88 Å². The van der Waals surface area contributed by atoms with Gasteiger partial charge in [0.2, 0.25) is 11.7 Å². The highest BCUT2D eigenvalue weighted by atomic mass is 16.6. The highest BCUT2D eigenvalue weighted by Crippen LogP contribution is 2.28. The van der Waals surface area contributed by atoms with Crippen LogP contribution in [0.25, 0.3) is 0 Å². The minimum atomic E-state index is -0.493. The summed E-state index contributed by atoms with van der Waals surface area (Å²) in [6.45, 7) is 2.35. The molecule has 0 aliphatic heterocycles. The van der Waals surface area contributed by atoms with E-state index < -0.39 is 4.92 Å². The number of nitrogens with one attached hydrogen (secondary N) is 1. The van der Waals surface area contributed by atoms with Crippen LogP contribution in [-0.2, 0) is 6.54 Å². The van der Waals surface area contributed by atoms with Crippen molar-refractivity contribution in [1.29, 1.82) is 0 Å². The third kappa shape index (κ3) is 3.26. The van der Waals surface area contributed by atoms with Crippen molar-refractivity contribution in [2.24, 2.45) is 5.73 Å². The number of aryl methyl sites for hydroxylation is 1. The van der Waals surface area contributed by atoms with Gasteiger partial charge in [0.15, 0.2) is 0 Å². The first-order valence-electron chi connectivity index (χ1n) is 6.31. The molecule has 1 aromatic heterocycles. The van der Waals surface area contributed by atoms with Gasteiger partial charge in [0, 0.05) is 24.4 Å². The van der Waals surface area contributed by atoms with Gasteiger partial charge in [0.25, 0.3) is 0 Å². The Labute approximate surface area is 121 Å². The predicted molar refractivity (Wildman–Crippen MR) is 79.8 cm³/mol. The van der Waals surface area contributed by atoms with Crippen molar-refractivity contribution in [3.05, 3.63) is 51.6 Å². The van der Waals surface area contributed by atoms with Crippen LogP contribution in [0.2, 0.25) is 0 Å². The first-order chi connectivity index (χ1) is 10.0. The number of ether oxygens (including phenoxy) is 1. The number of benzene rings is 1. The molecule has 7 heteroatoms. The second-order valence-electron chi connectivity index (χ2n) is 4.45. The highest BCUT2D eigenvalue weighted by Gasteiger charge is 2.16. The summed E-state index contributed by atoms with van der Waals surface area (Å²) in [7, 11) is 1.45. The largest absolute Gasteiger partial charge is 0.481 e. The molecular weight excluding hydrogens is 272 g/mol. The summed E-state index contributed by atoms with van der Waals surface area (Å²) in [5, 5.41) is 14.0. The molecule has 1 aromatic carbocycles. The van der Waals surface area contributed by atoms with Crippen LogP contribution >= 0.6 is 0 Å². The van der Waals surface area contributed by atoms with E-state index in [2.05, 4.69) is 10.3 Å². The van der Waals surface area contributed by atoms with E-state index >= 15 is 0 Å². The fourth-order valence-electron chi connectivity index (χ4n) is 1.89. The van der Waals surface area contributed by atoms with Crippen molar-refractivity contribution >= 4 is 17.2 Å². The van der Waals surface area contributed by atoms with Crippen molar-refractivity contribution in [1.82, 2.24) is 4.98 Å². The fraction of sp³-hybridized carbons (Fsp3) is 0.214. The second-order valence-corrected chi connectivity index (χ2v) is 4.45.